The lowest BCUT2D eigenvalue weighted by Crippen LogP contribution is -2.45. The van der Waals surface area contributed by atoms with Gasteiger partial charge >= 0.3 is 6.03 Å². The van der Waals surface area contributed by atoms with E-state index in [9.17, 15) is 9.90 Å². The molecule has 1 heterocycles. The van der Waals surface area contributed by atoms with Gasteiger partial charge in [-0.1, -0.05) is 34.6 Å². The maximum absolute atomic E-state index is 11.7. The summed E-state index contributed by atoms with van der Waals surface area (Å²) in [6, 6.07) is -0.275. The van der Waals surface area contributed by atoms with Crippen LogP contribution in [0.15, 0.2) is 5.38 Å². The molecule has 0 aliphatic heterocycles. The standard InChI is InChI=1S/C15H27N3O2S/c1-6-15(20,7-2)10-17-13(19)16-8-12-18-11(9-21-12)14(3,4)5/h9,20H,6-8,10H2,1-5H3,(H2,16,17,19). The van der Waals surface area contributed by atoms with E-state index in [2.05, 4.69) is 36.4 Å². The highest BCUT2D eigenvalue weighted by Crippen LogP contribution is 2.23. The molecular formula is C15H27N3O2S. The van der Waals surface area contributed by atoms with Gasteiger partial charge in [0.15, 0.2) is 0 Å². The molecule has 0 fully saturated rings. The number of amides is 2. The number of nitrogens with zero attached hydrogens (tertiary/aromatic N) is 1. The number of rotatable bonds is 6. The number of urea groups is 1. The fourth-order valence-electron chi connectivity index (χ4n) is 1.70. The highest BCUT2D eigenvalue weighted by Gasteiger charge is 2.22. The summed E-state index contributed by atoms with van der Waals surface area (Å²) in [4.78, 5) is 16.3. The van der Waals surface area contributed by atoms with E-state index >= 15 is 0 Å². The molecule has 1 aromatic rings. The Morgan fingerprint density at radius 3 is 2.38 bits per heavy atom. The van der Waals surface area contributed by atoms with Gasteiger partial charge in [-0.15, -0.1) is 11.3 Å². The minimum Gasteiger partial charge on any atom is -0.388 e. The highest BCUT2D eigenvalue weighted by molar-refractivity contribution is 7.09. The second-order valence-electron chi connectivity index (χ2n) is 6.34. The molecule has 3 N–H and O–H groups in total. The van der Waals surface area contributed by atoms with Gasteiger partial charge in [0, 0.05) is 17.3 Å². The lowest BCUT2D eigenvalue weighted by atomic mass is 9.93. The summed E-state index contributed by atoms with van der Waals surface area (Å²) in [7, 11) is 0. The van der Waals surface area contributed by atoms with Gasteiger partial charge in [0.2, 0.25) is 0 Å². The van der Waals surface area contributed by atoms with Gasteiger partial charge in [-0.25, -0.2) is 9.78 Å². The highest BCUT2D eigenvalue weighted by atomic mass is 32.1. The molecule has 1 rings (SSSR count). The summed E-state index contributed by atoms with van der Waals surface area (Å²) >= 11 is 1.55. The fraction of sp³-hybridized carbons (Fsp3) is 0.733. The van der Waals surface area contributed by atoms with E-state index in [1.165, 1.54) is 0 Å². The third kappa shape index (κ3) is 5.63. The summed E-state index contributed by atoms with van der Waals surface area (Å²) in [5.41, 5.74) is 0.240. The monoisotopic (exact) mass is 313 g/mol. The van der Waals surface area contributed by atoms with Crippen LogP contribution in [0.1, 0.15) is 58.2 Å². The molecule has 6 heteroatoms. The molecular weight excluding hydrogens is 286 g/mol. The van der Waals surface area contributed by atoms with E-state index in [0.29, 0.717) is 19.4 Å². The average Bonchev–Trinajstić information content (AvgIpc) is 2.91. The van der Waals surface area contributed by atoms with Crippen molar-refractivity contribution in [3.8, 4) is 0 Å². The van der Waals surface area contributed by atoms with Crippen LogP contribution in [-0.4, -0.2) is 28.3 Å². The number of carbonyl (C=O) groups is 1. The van der Waals surface area contributed by atoms with Crippen molar-refractivity contribution in [2.45, 2.75) is 65.0 Å². The normalized spacial score (nSPS) is 12.3. The molecule has 0 aliphatic carbocycles. The number of hydrogen-bond acceptors (Lipinski definition) is 4. The van der Waals surface area contributed by atoms with Crippen LogP contribution in [0.4, 0.5) is 4.79 Å². The SMILES string of the molecule is CCC(O)(CC)CNC(=O)NCc1nc(C(C)(C)C)cs1. The Labute approximate surface area is 131 Å². The minimum absolute atomic E-state index is 0.0236. The Kier molecular flexibility index (Phi) is 6.16. The molecule has 5 nitrogen and oxygen atoms in total. The number of aromatic nitrogens is 1. The maximum atomic E-state index is 11.7. The van der Waals surface area contributed by atoms with Crippen LogP contribution in [0.3, 0.4) is 0 Å². The van der Waals surface area contributed by atoms with Crippen molar-refractivity contribution in [1.82, 2.24) is 15.6 Å². The fourth-order valence-corrected chi connectivity index (χ4v) is 2.66. The van der Waals surface area contributed by atoms with Crippen molar-refractivity contribution >= 4 is 17.4 Å². The molecule has 0 aliphatic rings. The third-order valence-corrected chi connectivity index (χ3v) is 4.46. The number of carbonyl (C=O) groups excluding carboxylic acids is 1. The van der Waals surface area contributed by atoms with E-state index in [-0.39, 0.29) is 18.0 Å². The topological polar surface area (TPSA) is 74.2 Å². The Bertz CT molecular complexity index is 462. The molecule has 0 saturated heterocycles. The largest absolute Gasteiger partial charge is 0.388 e. The second kappa shape index (κ2) is 7.22. The third-order valence-electron chi connectivity index (χ3n) is 3.61. The van der Waals surface area contributed by atoms with E-state index in [1.54, 1.807) is 11.3 Å². The Hall–Kier alpha value is -1.14. The lowest BCUT2D eigenvalue weighted by Gasteiger charge is -2.25. The minimum atomic E-state index is -0.822. The molecule has 21 heavy (non-hydrogen) atoms. The van der Waals surface area contributed by atoms with E-state index < -0.39 is 5.60 Å². The van der Waals surface area contributed by atoms with Gasteiger partial charge in [-0.2, -0.15) is 0 Å². The summed E-state index contributed by atoms with van der Waals surface area (Å²) < 4.78 is 0. The van der Waals surface area contributed by atoms with Gasteiger partial charge in [0.1, 0.15) is 5.01 Å². The maximum Gasteiger partial charge on any atom is 0.315 e. The molecule has 0 bridgehead atoms. The predicted molar refractivity (Wildman–Crippen MR) is 86.6 cm³/mol. The Morgan fingerprint density at radius 2 is 1.90 bits per heavy atom. The molecule has 0 saturated carbocycles. The summed E-state index contributed by atoms with van der Waals surface area (Å²) in [5.74, 6) is 0. The zero-order valence-corrected chi connectivity index (χ0v) is 14.4. The predicted octanol–water partition coefficient (Wildman–Crippen LogP) is 2.79. The zero-order valence-electron chi connectivity index (χ0n) is 13.6. The van der Waals surface area contributed by atoms with Gasteiger partial charge in [-0.3, -0.25) is 0 Å². The number of aliphatic hydroxyl groups is 1. The van der Waals surface area contributed by atoms with Crippen molar-refractivity contribution in [1.29, 1.82) is 0 Å². The van der Waals surface area contributed by atoms with Crippen molar-refractivity contribution < 1.29 is 9.90 Å². The molecule has 120 valence electrons. The summed E-state index contributed by atoms with van der Waals surface area (Å²) in [5, 5.41) is 18.5. The van der Waals surface area contributed by atoms with Gasteiger partial charge in [0.05, 0.1) is 17.8 Å². The second-order valence-corrected chi connectivity index (χ2v) is 7.29. The first-order valence-electron chi connectivity index (χ1n) is 7.39. The molecule has 0 spiro atoms. The molecule has 0 radical (unpaired) electrons. The number of nitrogens with one attached hydrogen (secondary N) is 2. The van der Waals surface area contributed by atoms with Crippen LogP contribution >= 0.6 is 11.3 Å². The molecule has 0 aromatic carbocycles. The van der Waals surface area contributed by atoms with E-state index in [4.69, 9.17) is 0 Å². The van der Waals surface area contributed by atoms with E-state index in [1.807, 2.05) is 19.2 Å². The Balaban J connectivity index is 2.42. The van der Waals surface area contributed by atoms with Crippen molar-refractivity contribution in [3.05, 3.63) is 16.1 Å². The average molecular weight is 313 g/mol. The quantitative estimate of drug-likeness (QED) is 0.756. The van der Waals surface area contributed by atoms with Crippen LogP contribution < -0.4 is 10.6 Å². The van der Waals surface area contributed by atoms with Crippen LogP contribution in [-0.2, 0) is 12.0 Å². The number of thiazole rings is 1. The summed E-state index contributed by atoms with van der Waals surface area (Å²) in [6.45, 7) is 10.8. The van der Waals surface area contributed by atoms with Crippen LogP contribution in [0, 0.1) is 0 Å². The smallest absolute Gasteiger partial charge is 0.315 e. The number of hydrogen-bond donors (Lipinski definition) is 3. The Morgan fingerprint density at radius 1 is 1.29 bits per heavy atom. The molecule has 0 atom stereocenters. The first-order valence-corrected chi connectivity index (χ1v) is 8.27. The van der Waals surface area contributed by atoms with Crippen molar-refractivity contribution in [3.63, 3.8) is 0 Å². The van der Waals surface area contributed by atoms with Gasteiger partial charge < -0.3 is 15.7 Å². The van der Waals surface area contributed by atoms with Crippen LogP contribution in [0.2, 0.25) is 0 Å². The molecule has 1 aromatic heterocycles. The van der Waals surface area contributed by atoms with Crippen LogP contribution in [0.5, 0.6) is 0 Å². The zero-order chi connectivity index (χ0) is 16.1. The van der Waals surface area contributed by atoms with Crippen molar-refractivity contribution in [2.75, 3.05) is 6.54 Å². The van der Waals surface area contributed by atoms with Gasteiger partial charge in [0.25, 0.3) is 0 Å². The molecule has 2 amide bonds. The first kappa shape index (κ1) is 17.9. The van der Waals surface area contributed by atoms with E-state index in [0.717, 1.165) is 10.7 Å². The molecule has 0 unspecified atom stereocenters. The first-order chi connectivity index (χ1) is 9.70. The lowest BCUT2D eigenvalue weighted by molar-refractivity contribution is 0.0349. The van der Waals surface area contributed by atoms with Crippen LogP contribution in [0.25, 0.3) is 0 Å². The summed E-state index contributed by atoms with van der Waals surface area (Å²) in [6.07, 6.45) is 1.23. The van der Waals surface area contributed by atoms with Gasteiger partial charge in [-0.05, 0) is 12.8 Å². The van der Waals surface area contributed by atoms with Crippen molar-refractivity contribution in [2.24, 2.45) is 0 Å².